The topological polar surface area (TPSA) is 56.8 Å². The normalized spacial score (nSPS) is 11.5. The van der Waals surface area contributed by atoms with Crippen LogP contribution in [0.25, 0.3) is 0 Å². The van der Waals surface area contributed by atoms with Gasteiger partial charge in [-0.1, -0.05) is 18.2 Å². The number of methoxy groups -OCH3 is 1. The van der Waals surface area contributed by atoms with Crippen molar-refractivity contribution in [1.82, 2.24) is 5.32 Å². The number of nitrogens with one attached hydrogen (secondary N) is 1. The molecule has 0 heterocycles. The molecule has 26 heavy (non-hydrogen) atoms. The Morgan fingerprint density at radius 2 is 1.77 bits per heavy atom. The van der Waals surface area contributed by atoms with E-state index in [4.69, 9.17) is 14.2 Å². The van der Waals surface area contributed by atoms with Gasteiger partial charge in [-0.05, 0) is 62.6 Å². The zero-order valence-corrected chi connectivity index (χ0v) is 15.7. The fourth-order valence-corrected chi connectivity index (χ4v) is 2.55. The lowest BCUT2D eigenvalue weighted by Gasteiger charge is -2.15. The summed E-state index contributed by atoms with van der Waals surface area (Å²) in [5, 5.41) is 2.92. The molecule has 0 aliphatic heterocycles. The summed E-state index contributed by atoms with van der Waals surface area (Å²) < 4.78 is 16.4. The number of hydrogen-bond donors (Lipinski definition) is 1. The molecule has 2 aromatic rings. The quantitative estimate of drug-likeness (QED) is 0.660. The molecule has 0 aromatic heterocycles. The SMILES string of the molecule is CCOc1ccccc1CCCNC(=O)[C@H](C)Oc1ccc(OC)cc1. The summed E-state index contributed by atoms with van der Waals surface area (Å²) >= 11 is 0. The van der Waals surface area contributed by atoms with E-state index in [1.54, 1.807) is 38.3 Å². The van der Waals surface area contributed by atoms with Crippen LogP contribution in [0.1, 0.15) is 25.8 Å². The second-order valence-corrected chi connectivity index (χ2v) is 5.87. The van der Waals surface area contributed by atoms with Crippen LogP contribution in [0.3, 0.4) is 0 Å². The smallest absolute Gasteiger partial charge is 0.260 e. The van der Waals surface area contributed by atoms with Gasteiger partial charge in [-0.15, -0.1) is 0 Å². The van der Waals surface area contributed by atoms with E-state index in [0.29, 0.717) is 18.9 Å². The second kappa shape index (κ2) is 10.3. The molecule has 5 heteroatoms. The third-order valence-corrected chi connectivity index (χ3v) is 3.94. The molecule has 0 spiro atoms. The minimum absolute atomic E-state index is 0.126. The highest BCUT2D eigenvalue weighted by atomic mass is 16.5. The molecule has 0 fully saturated rings. The molecule has 0 aliphatic carbocycles. The van der Waals surface area contributed by atoms with Gasteiger partial charge in [0.2, 0.25) is 0 Å². The summed E-state index contributed by atoms with van der Waals surface area (Å²) in [5.41, 5.74) is 1.16. The van der Waals surface area contributed by atoms with Gasteiger partial charge in [0.25, 0.3) is 5.91 Å². The third kappa shape index (κ3) is 5.99. The average Bonchev–Trinajstić information content (AvgIpc) is 2.67. The van der Waals surface area contributed by atoms with E-state index in [1.807, 2.05) is 25.1 Å². The van der Waals surface area contributed by atoms with Crippen molar-refractivity contribution < 1.29 is 19.0 Å². The summed E-state index contributed by atoms with van der Waals surface area (Å²) in [6, 6.07) is 15.2. The van der Waals surface area contributed by atoms with Crippen molar-refractivity contribution in [1.29, 1.82) is 0 Å². The van der Waals surface area contributed by atoms with Gasteiger partial charge >= 0.3 is 0 Å². The fourth-order valence-electron chi connectivity index (χ4n) is 2.55. The zero-order chi connectivity index (χ0) is 18.8. The number of para-hydroxylation sites is 1. The molecule has 0 aliphatic rings. The van der Waals surface area contributed by atoms with Crippen molar-refractivity contribution in [2.24, 2.45) is 0 Å². The first-order valence-electron chi connectivity index (χ1n) is 8.93. The molecule has 1 atom stereocenters. The molecule has 0 saturated heterocycles. The number of amides is 1. The zero-order valence-electron chi connectivity index (χ0n) is 15.7. The van der Waals surface area contributed by atoms with Crippen LogP contribution in [0.5, 0.6) is 17.2 Å². The van der Waals surface area contributed by atoms with E-state index >= 15 is 0 Å². The van der Waals surface area contributed by atoms with Crippen LogP contribution in [0, 0.1) is 0 Å². The van der Waals surface area contributed by atoms with Crippen LogP contribution in [0.4, 0.5) is 0 Å². The molecule has 140 valence electrons. The number of carbonyl (C=O) groups is 1. The van der Waals surface area contributed by atoms with Gasteiger partial charge in [0, 0.05) is 6.54 Å². The molecule has 1 amide bonds. The Kier molecular flexibility index (Phi) is 7.80. The van der Waals surface area contributed by atoms with E-state index in [9.17, 15) is 4.79 Å². The van der Waals surface area contributed by atoms with Gasteiger partial charge in [-0.3, -0.25) is 4.79 Å². The van der Waals surface area contributed by atoms with Crippen LogP contribution in [-0.4, -0.2) is 32.3 Å². The predicted octanol–water partition coefficient (Wildman–Crippen LogP) is 3.61. The van der Waals surface area contributed by atoms with Crippen molar-refractivity contribution in [3.8, 4) is 17.2 Å². The first-order chi connectivity index (χ1) is 12.6. The predicted molar refractivity (Wildman–Crippen MR) is 102 cm³/mol. The average molecular weight is 357 g/mol. The maximum atomic E-state index is 12.2. The number of aryl methyl sites for hydroxylation is 1. The van der Waals surface area contributed by atoms with Gasteiger partial charge in [0.05, 0.1) is 13.7 Å². The van der Waals surface area contributed by atoms with Crippen LogP contribution in [-0.2, 0) is 11.2 Å². The summed E-state index contributed by atoms with van der Waals surface area (Å²) in [6.07, 6.45) is 1.13. The molecule has 5 nitrogen and oxygen atoms in total. The molecular formula is C21H27NO4. The summed E-state index contributed by atoms with van der Waals surface area (Å²) in [5.74, 6) is 2.18. The third-order valence-electron chi connectivity index (χ3n) is 3.94. The largest absolute Gasteiger partial charge is 0.497 e. The molecule has 1 N–H and O–H groups in total. The standard InChI is InChI=1S/C21H27NO4/c1-4-25-20-10-6-5-8-17(20)9-7-15-22-21(23)16(2)26-19-13-11-18(24-3)12-14-19/h5-6,8,10-14,16H,4,7,9,15H2,1-3H3,(H,22,23)/t16-/m0/s1. The van der Waals surface area contributed by atoms with E-state index < -0.39 is 6.10 Å². The summed E-state index contributed by atoms with van der Waals surface area (Å²) in [4.78, 5) is 12.2. The maximum absolute atomic E-state index is 12.2. The number of ether oxygens (including phenoxy) is 3. The highest BCUT2D eigenvalue weighted by Gasteiger charge is 2.14. The van der Waals surface area contributed by atoms with Crippen molar-refractivity contribution in [3.05, 3.63) is 54.1 Å². The van der Waals surface area contributed by atoms with Crippen LogP contribution >= 0.6 is 0 Å². The molecule has 0 saturated carbocycles. The first-order valence-corrected chi connectivity index (χ1v) is 8.93. The number of hydrogen-bond acceptors (Lipinski definition) is 4. The fraction of sp³-hybridized carbons (Fsp3) is 0.381. The van der Waals surface area contributed by atoms with E-state index in [1.165, 1.54) is 0 Å². The monoisotopic (exact) mass is 357 g/mol. The van der Waals surface area contributed by atoms with E-state index in [2.05, 4.69) is 11.4 Å². The van der Waals surface area contributed by atoms with E-state index in [-0.39, 0.29) is 5.91 Å². The van der Waals surface area contributed by atoms with E-state index in [0.717, 1.165) is 29.9 Å². The van der Waals surface area contributed by atoms with Crippen LogP contribution in [0.2, 0.25) is 0 Å². The maximum Gasteiger partial charge on any atom is 0.260 e. The van der Waals surface area contributed by atoms with Crippen molar-refractivity contribution in [3.63, 3.8) is 0 Å². The van der Waals surface area contributed by atoms with Gasteiger partial charge < -0.3 is 19.5 Å². The van der Waals surface area contributed by atoms with Gasteiger partial charge in [-0.2, -0.15) is 0 Å². The Hall–Kier alpha value is -2.69. The number of carbonyl (C=O) groups excluding carboxylic acids is 1. The van der Waals surface area contributed by atoms with Gasteiger partial charge in [-0.25, -0.2) is 0 Å². The molecule has 2 aromatic carbocycles. The lowest BCUT2D eigenvalue weighted by Crippen LogP contribution is -2.36. The molecule has 2 rings (SSSR count). The first kappa shape index (κ1) is 19.6. The summed E-state index contributed by atoms with van der Waals surface area (Å²) in [7, 11) is 1.61. The lowest BCUT2D eigenvalue weighted by molar-refractivity contribution is -0.127. The minimum atomic E-state index is -0.556. The Morgan fingerprint density at radius 1 is 1.08 bits per heavy atom. The number of rotatable bonds is 10. The Bertz CT molecular complexity index is 685. The minimum Gasteiger partial charge on any atom is -0.497 e. The van der Waals surface area contributed by atoms with Crippen LogP contribution in [0.15, 0.2) is 48.5 Å². The highest BCUT2D eigenvalue weighted by molar-refractivity contribution is 5.80. The highest BCUT2D eigenvalue weighted by Crippen LogP contribution is 2.20. The molecular weight excluding hydrogens is 330 g/mol. The van der Waals surface area contributed by atoms with Crippen LogP contribution < -0.4 is 19.5 Å². The van der Waals surface area contributed by atoms with Gasteiger partial charge in [0.15, 0.2) is 6.10 Å². The molecule has 0 bridgehead atoms. The van der Waals surface area contributed by atoms with Gasteiger partial charge in [0.1, 0.15) is 17.2 Å². The summed E-state index contributed by atoms with van der Waals surface area (Å²) in [6.45, 7) is 4.95. The molecule has 0 radical (unpaired) electrons. The second-order valence-electron chi connectivity index (χ2n) is 5.87. The Morgan fingerprint density at radius 3 is 2.46 bits per heavy atom. The van der Waals surface area contributed by atoms with Crippen molar-refractivity contribution in [2.75, 3.05) is 20.3 Å². The molecule has 0 unspecified atom stereocenters. The Labute approximate surface area is 155 Å². The Balaban J connectivity index is 1.74. The number of benzene rings is 2. The van der Waals surface area contributed by atoms with Crippen molar-refractivity contribution >= 4 is 5.91 Å². The lowest BCUT2D eigenvalue weighted by atomic mass is 10.1. The van der Waals surface area contributed by atoms with Crippen molar-refractivity contribution in [2.45, 2.75) is 32.8 Å².